The van der Waals surface area contributed by atoms with Crippen LogP contribution in [-0.4, -0.2) is 123 Å². The van der Waals surface area contributed by atoms with Crippen molar-refractivity contribution in [1.82, 2.24) is 20.4 Å². The number of aromatic nitrogens is 4. The van der Waals surface area contributed by atoms with Gasteiger partial charge in [0.1, 0.15) is 0 Å². The fraction of sp³-hybridized carbons (Fsp3) is 0.800. The molecule has 0 fully saturated rings. The lowest BCUT2D eigenvalue weighted by Crippen LogP contribution is -2.11. The molecule has 1 aliphatic rings. The van der Waals surface area contributed by atoms with E-state index < -0.39 is 0 Å². The maximum Gasteiger partial charge on any atom is 0.175 e. The van der Waals surface area contributed by atoms with E-state index in [-0.39, 0.29) is 0 Å². The van der Waals surface area contributed by atoms with Gasteiger partial charge in [0.05, 0.1) is 79.3 Å². The summed E-state index contributed by atoms with van der Waals surface area (Å²) in [7, 11) is 0. The molecular formula is C20H32N4O6S6. The quantitative estimate of drug-likeness (QED) is 0.430. The number of thioether (sulfide) groups is 4. The first kappa shape index (κ1) is 30.8. The van der Waals surface area contributed by atoms with Crippen LogP contribution in [0, 0.1) is 0 Å². The van der Waals surface area contributed by atoms with E-state index in [1.54, 1.807) is 69.7 Å². The van der Waals surface area contributed by atoms with Gasteiger partial charge >= 0.3 is 0 Å². The van der Waals surface area contributed by atoms with E-state index in [1.165, 1.54) is 0 Å². The van der Waals surface area contributed by atoms with Gasteiger partial charge in [0.15, 0.2) is 17.4 Å². The van der Waals surface area contributed by atoms with Crippen LogP contribution in [0.3, 0.4) is 0 Å². The molecule has 36 heavy (non-hydrogen) atoms. The van der Waals surface area contributed by atoms with Crippen molar-refractivity contribution >= 4 is 69.7 Å². The lowest BCUT2D eigenvalue weighted by molar-refractivity contribution is 0.0205. The minimum Gasteiger partial charge on any atom is -0.378 e. The first-order chi connectivity index (χ1) is 17.9. The van der Waals surface area contributed by atoms with Crippen molar-refractivity contribution in [2.45, 2.75) is 17.4 Å². The Labute approximate surface area is 237 Å². The highest BCUT2D eigenvalue weighted by Gasteiger charge is 2.07. The monoisotopic (exact) mass is 616 g/mol. The Hall–Kier alpha value is 0.280. The summed E-state index contributed by atoms with van der Waals surface area (Å²) in [6, 6.07) is 0. The third-order valence-electron chi connectivity index (χ3n) is 4.08. The molecule has 0 N–H and O–H groups in total. The van der Waals surface area contributed by atoms with Gasteiger partial charge in [0, 0.05) is 23.0 Å². The van der Waals surface area contributed by atoms with Crippen LogP contribution in [0.2, 0.25) is 0 Å². The van der Waals surface area contributed by atoms with Gasteiger partial charge in [-0.25, -0.2) is 0 Å². The van der Waals surface area contributed by atoms with Crippen molar-refractivity contribution in [1.29, 1.82) is 0 Å². The molecule has 3 rings (SSSR count). The average molecular weight is 617 g/mol. The summed E-state index contributed by atoms with van der Waals surface area (Å²) in [6.07, 6.45) is 0. The van der Waals surface area contributed by atoms with E-state index in [0.29, 0.717) is 79.3 Å². The van der Waals surface area contributed by atoms with Crippen molar-refractivity contribution in [2.75, 3.05) is 102 Å². The van der Waals surface area contributed by atoms with Gasteiger partial charge in [-0.3, -0.25) is 0 Å². The molecule has 3 heterocycles. The largest absolute Gasteiger partial charge is 0.378 e. The van der Waals surface area contributed by atoms with Crippen molar-refractivity contribution in [2.24, 2.45) is 0 Å². The first-order valence-electron chi connectivity index (χ1n) is 11.5. The van der Waals surface area contributed by atoms with Crippen molar-refractivity contribution in [3.05, 3.63) is 0 Å². The third kappa shape index (κ3) is 15.0. The number of rotatable bonds is 0. The van der Waals surface area contributed by atoms with Gasteiger partial charge in [-0.2, -0.15) is 0 Å². The summed E-state index contributed by atoms with van der Waals surface area (Å²) in [5.74, 6) is 3.35. The zero-order valence-electron chi connectivity index (χ0n) is 20.0. The summed E-state index contributed by atoms with van der Waals surface area (Å²) in [5.41, 5.74) is 0. The Kier molecular flexibility index (Phi) is 18.1. The van der Waals surface area contributed by atoms with Crippen LogP contribution in [0.1, 0.15) is 0 Å². The third-order valence-corrected chi connectivity index (χ3v) is 10.3. The molecule has 16 heteroatoms. The normalized spacial score (nSPS) is 20.7. The molecular weight excluding hydrogens is 585 g/mol. The molecule has 0 radical (unpaired) electrons. The lowest BCUT2D eigenvalue weighted by atomic mass is 10.7. The fourth-order valence-electron chi connectivity index (χ4n) is 2.46. The Morgan fingerprint density at radius 2 is 0.556 bits per heavy atom. The van der Waals surface area contributed by atoms with E-state index in [9.17, 15) is 0 Å². The van der Waals surface area contributed by atoms with E-state index in [1.807, 2.05) is 0 Å². The molecule has 0 saturated carbocycles. The summed E-state index contributed by atoms with van der Waals surface area (Å²) in [6.45, 7) is 7.14. The highest BCUT2D eigenvalue weighted by Crippen LogP contribution is 2.29. The standard InChI is InChI=1S/C20H32N4O6S6/c1-5-27-9-13-31-17-21-22-19(35-17)33-15-11-29-7-3-26-4-8-30-12-16-34-20-24-23-18(36-20)32-14-10-28-6-2-25-1/h1-16H2. The average Bonchev–Trinajstić information content (AvgIpc) is 3.54. The molecule has 0 unspecified atom stereocenters. The Bertz CT molecular complexity index is 683. The van der Waals surface area contributed by atoms with Crippen LogP contribution in [-0.2, 0) is 28.4 Å². The second-order valence-corrected chi connectivity index (χ2v) is 14.1. The van der Waals surface area contributed by atoms with Gasteiger partial charge in [0.25, 0.3) is 0 Å². The molecule has 4 bridgehead atoms. The van der Waals surface area contributed by atoms with Gasteiger partial charge < -0.3 is 28.4 Å². The predicted octanol–water partition coefficient (Wildman–Crippen LogP) is 3.57. The summed E-state index contributed by atoms with van der Waals surface area (Å²) in [5, 5.41) is 16.9. The van der Waals surface area contributed by atoms with Crippen LogP contribution in [0.4, 0.5) is 0 Å². The Balaban J connectivity index is 1.30. The van der Waals surface area contributed by atoms with E-state index >= 15 is 0 Å². The summed E-state index contributed by atoms with van der Waals surface area (Å²) >= 11 is 9.85. The van der Waals surface area contributed by atoms with Crippen LogP contribution < -0.4 is 0 Å². The van der Waals surface area contributed by atoms with E-state index in [0.717, 1.165) is 40.4 Å². The molecule has 0 saturated heterocycles. The number of hydrogen-bond acceptors (Lipinski definition) is 16. The SMILES string of the molecule is C1COCCSc2nnc(s2)SCCOCCOCCOCCSc2nnc(s2)SCCOCCO1. The fourth-order valence-corrected chi connectivity index (χ4v) is 8.19. The second-order valence-electron chi connectivity index (χ2n) is 6.74. The van der Waals surface area contributed by atoms with Gasteiger partial charge in [-0.05, 0) is 0 Å². The molecule has 0 aromatic carbocycles. The Morgan fingerprint density at radius 1 is 0.333 bits per heavy atom. The second kappa shape index (κ2) is 21.1. The van der Waals surface area contributed by atoms with Crippen molar-refractivity contribution < 1.29 is 28.4 Å². The smallest absolute Gasteiger partial charge is 0.175 e. The topological polar surface area (TPSA) is 107 Å². The number of nitrogens with zero attached hydrogens (tertiary/aromatic N) is 4. The highest BCUT2D eigenvalue weighted by molar-refractivity contribution is 8.03. The molecule has 204 valence electrons. The predicted molar refractivity (Wildman–Crippen MR) is 148 cm³/mol. The molecule has 0 amide bonds. The number of fused-ring (bicyclic) bond motifs is 4. The Morgan fingerprint density at radius 3 is 0.806 bits per heavy atom. The van der Waals surface area contributed by atoms with E-state index in [2.05, 4.69) is 20.4 Å². The highest BCUT2D eigenvalue weighted by atomic mass is 32.2. The van der Waals surface area contributed by atoms with Crippen LogP contribution in [0.15, 0.2) is 17.4 Å². The lowest BCUT2D eigenvalue weighted by Gasteiger charge is -2.06. The number of hydrogen-bond donors (Lipinski definition) is 0. The molecule has 0 spiro atoms. The molecule has 2 aromatic rings. The maximum absolute atomic E-state index is 5.62. The first-order valence-corrected chi connectivity index (χ1v) is 17.1. The summed E-state index contributed by atoms with van der Waals surface area (Å²) < 4.78 is 37.4. The van der Waals surface area contributed by atoms with Crippen LogP contribution >= 0.6 is 69.7 Å². The van der Waals surface area contributed by atoms with Crippen molar-refractivity contribution in [3.8, 4) is 0 Å². The molecule has 2 aromatic heterocycles. The molecule has 0 atom stereocenters. The van der Waals surface area contributed by atoms with Crippen molar-refractivity contribution in [3.63, 3.8) is 0 Å². The minimum absolute atomic E-state index is 0.562. The van der Waals surface area contributed by atoms with Gasteiger partial charge in [0.2, 0.25) is 0 Å². The number of ether oxygens (including phenoxy) is 6. The molecule has 10 nitrogen and oxygen atoms in total. The zero-order valence-corrected chi connectivity index (χ0v) is 24.9. The maximum atomic E-state index is 5.62. The van der Waals surface area contributed by atoms with Crippen LogP contribution in [0.25, 0.3) is 0 Å². The molecule has 1 aliphatic heterocycles. The molecule has 0 aliphatic carbocycles. The van der Waals surface area contributed by atoms with Crippen LogP contribution in [0.5, 0.6) is 0 Å². The van der Waals surface area contributed by atoms with Gasteiger partial charge in [-0.1, -0.05) is 69.7 Å². The van der Waals surface area contributed by atoms with Gasteiger partial charge in [-0.15, -0.1) is 20.4 Å². The van der Waals surface area contributed by atoms with E-state index in [4.69, 9.17) is 28.4 Å². The summed E-state index contributed by atoms with van der Waals surface area (Å²) in [4.78, 5) is 0. The minimum atomic E-state index is 0.562. The zero-order chi connectivity index (χ0) is 24.9.